The molecule has 2 aliphatic heterocycles. The van der Waals surface area contributed by atoms with E-state index in [0.29, 0.717) is 13.1 Å². The molecule has 1 amide bonds. The number of halogens is 2. The number of hydrogen-bond acceptors (Lipinski definition) is 5. The summed E-state index contributed by atoms with van der Waals surface area (Å²) in [6.07, 6.45) is 0.173. The van der Waals surface area contributed by atoms with Crippen molar-refractivity contribution in [1.29, 1.82) is 0 Å². The number of aliphatic hydroxyl groups excluding tert-OH is 1. The SMILES string of the molecule is O=C(CCO)N1CC2=C(CN(Sc3ccc(OC(F)F)cc3)C2)C1. The molecule has 0 saturated carbocycles. The van der Waals surface area contributed by atoms with E-state index in [4.69, 9.17) is 5.11 Å². The minimum atomic E-state index is -2.81. The van der Waals surface area contributed by atoms with Gasteiger partial charge in [0.25, 0.3) is 0 Å². The van der Waals surface area contributed by atoms with Crippen molar-refractivity contribution in [2.45, 2.75) is 17.9 Å². The first-order valence-corrected chi connectivity index (χ1v) is 8.38. The third-order valence-electron chi connectivity index (χ3n) is 3.96. The second-order valence-corrected chi connectivity index (χ2v) is 6.84. The van der Waals surface area contributed by atoms with Crippen LogP contribution >= 0.6 is 11.9 Å². The highest BCUT2D eigenvalue weighted by Crippen LogP contribution is 2.34. The third-order valence-corrected chi connectivity index (χ3v) is 4.96. The monoisotopic (exact) mass is 356 g/mol. The lowest BCUT2D eigenvalue weighted by atomic mass is 10.2. The molecule has 0 spiro atoms. The maximum absolute atomic E-state index is 12.1. The number of carbonyl (C=O) groups excluding carboxylic acids is 1. The van der Waals surface area contributed by atoms with E-state index in [1.807, 2.05) is 0 Å². The Morgan fingerprint density at radius 2 is 1.79 bits per heavy atom. The summed E-state index contributed by atoms with van der Waals surface area (Å²) in [4.78, 5) is 14.5. The van der Waals surface area contributed by atoms with Gasteiger partial charge in [0.05, 0.1) is 6.61 Å². The van der Waals surface area contributed by atoms with Gasteiger partial charge >= 0.3 is 6.61 Å². The summed E-state index contributed by atoms with van der Waals surface area (Å²) in [5.41, 5.74) is 2.51. The minimum Gasteiger partial charge on any atom is -0.435 e. The fourth-order valence-corrected chi connectivity index (χ4v) is 3.87. The number of carbonyl (C=O) groups is 1. The summed E-state index contributed by atoms with van der Waals surface area (Å²) >= 11 is 1.56. The zero-order chi connectivity index (χ0) is 17.1. The summed E-state index contributed by atoms with van der Waals surface area (Å²) in [6.45, 7) is -0.117. The van der Waals surface area contributed by atoms with E-state index in [0.717, 1.165) is 18.0 Å². The van der Waals surface area contributed by atoms with E-state index in [2.05, 4.69) is 9.04 Å². The van der Waals surface area contributed by atoms with Gasteiger partial charge in [-0.2, -0.15) is 8.78 Å². The Labute approximate surface area is 143 Å². The Morgan fingerprint density at radius 1 is 1.17 bits per heavy atom. The van der Waals surface area contributed by atoms with Gasteiger partial charge in [-0.1, -0.05) is 0 Å². The van der Waals surface area contributed by atoms with Gasteiger partial charge in [0.1, 0.15) is 5.75 Å². The molecular weight excluding hydrogens is 338 g/mol. The van der Waals surface area contributed by atoms with Gasteiger partial charge < -0.3 is 14.7 Å². The Bertz CT molecular complexity index is 619. The lowest BCUT2D eigenvalue weighted by molar-refractivity contribution is -0.130. The molecule has 0 unspecified atom stereocenters. The number of nitrogens with zero attached hydrogens (tertiary/aromatic N) is 2. The fraction of sp³-hybridized carbons (Fsp3) is 0.438. The molecule has 1 N–H and O–H groups in total. The molecule has 1 aromatic carbocycles. The van der Waals surface area contributed by atoms with E-state index < -0.39 is 6.61 Å². The third kappa shape index (κ3) is 4.06. The molecule has 2 aliphatic rings. The van der Waals surface area contributed by atoms with Crippen LogP contribution in [-0.4, -0.2) is 59.6 Å². The highest BCUT2D eigenvalue weighted by Gasteiger charge is 2.32. The van der Waals surface area contributed by atoms with E-state index in [1.54, 1.807) is 29.0 Å². The zero-order valence-corrected chi connectivity index (χ0v) is 13.8. The number of aliphatic hydroxyl groups is 1. The molecule has 5 nitrogen and oxygen atoms in total. The molecule has 2 heterocycles. The number of hydrogen-bond donors (Lipinski definition) is 1. The Balaban J connectivity index is 1.49. The van der Waals surface area contributed by atoms with Crippen molar-refractivity contribution in [2.75, 3.05) is 32.8 Å². The zero-order valence-electron chi connectivity index (χ0n) is 13.0. The second kappa shape index (κ2) is 7.50. The van der Waals surface area contributed by atoms with Crippen LogP contribution in [-0.2, 0) is 4.79 Å². The van der Waals surface area contributed by atoms with Gasteiger partial charge in [0, 0.05) is 37.5 Å². The molecule has 8 heteroatoms. The molecule has 0 bridgehead atoms. The van der Waals surface area contributed by atoms with Crippen molar-refractivity contribution in [3.8, 4) is 5.75 Å². The second-order valence-electron chi connectivity index (χ2n) is 5.67. The predicted octanol–water partition coefficient (Wildman–Crippen LogP) is 2.13. The van der Waals surface area contributed by atoms with Crippen LogP contribution in [0.15, 0.2) is 40.3 Å². The van der Waals surface area contributed by atoms with Crippen molar-refractivity contribution in [2.24, 2.45) is 0 Å². The molecule has 0 saturated heterocycles. The van der Waals surface area contributed by atoms with Crippen LogP contribution in [0.5, 0.6) is 5.75 Å². The number of benzene rings is 1. The molecule has 0 fully saturated rings. The van der Waals surface area contributed by atoms with Crippen LogP contribution in [0.25, 0.3) is 0 Å². The van der Waals surface area contributed by atoms with E-state index in [1.165, 1.54) is 23.3 Å². The predicted molar refractivity (Wildman–Crippen MR) is 85.8 cm³/mol. The van der Waals surface area contributed by atoms with Crippen LogP contribution in [0, 0.1) is 0 Å². The van der Waals surface area contributed by atoms with Gasteiger partial charge in [0.15, 0.2) is 0 Å². The standard InChI is InChI=1S/C16H18F2N2O3S/c17-16(18)23-13-1-3-14(4-2-13)24-20-9-11-7-19(8-12(11)10-20)15(22)5-6-21/h1-4,16,21H,5-10H2. The first-order valence-electron chi connectivity index (χ1n) is 7.61. The van der Waals surface area contributed by atoms with Gasteiger partial charge in [-0.3, -0.25) is 4.79 Å². The molecule has 130 valence electrons. The van der Waals surface area contributed by atoms with Crippen molar-refractivity contribution in [1.82, 2.24) is 9.21 Å². The molecule has 0 aromatic heterocycles. The normalized spacial score (nSPS) is 17.8. The van der Waals surface area contributed by atoms with Crippen LogP contribution < -0.4 is 4.74 Å². The lowest BCUT2D eigenvalue weighted by Crippen LogP contribution is -2.32. The van der Waals surface area contributed by atoms with Gasteiger partial charge in [-0.15, -0.1) is 0 Å². The summed E-state index contributed by atoms with van der Waals surface area (Å²) in [7, 11) is 0. The maximum atomic E-state index is 12.1. The lowest BCUT2D eigenvalue weighted by Gasteiger charge is -2.22. The molecule has 0 radical (unpaired) electrons. The Morgan fingerprint density at radius 3 is 2.33 bits per heavy atom. The highest BCUT2D eigenvalue weighted by atomic mass is 32.2. The molecule has 0 aliphatic carbocycles. The molecule has 1 aromatic rings. The Kier molecular flexibility index (Phi) is 5.37. The average Bonchev–Trinajstić information content (AvgIpc) is 3.07. The van der Waals surface area contributed by atoms with E-state index in [-0.39, 0.29) is 24.7 Å². The fourth-order valence-electron chi connectivity index (χ4n) is 2.87. The van der Waals surface area contributed by atoms with Crippen LogP contribution in [0.1, 0.15) is 6.42 Å². The highest BCUT2D eigenvalue weighted by molar-refractivity contribution is 7.97. The van der Waals surface area contributed by atoms with Crippen LogP contribution in [0.3, 0.4) is 0 Å². The maximum Gasteiger partial charge on any atom is 0.387 e. The summed E-state index contributed by atoms with van der Waals surface area (Å²) < 4.78 is 30.8. The van der Waals surface area contributed by atoms with Crippen molar-refractivity contribution >= 4 is 17.9 Å². The van der Waals surface area contributed by atoms with Crippen molar-refractivity contribution in [3.05, 3.63) is 35.4 Å². The van der Waals surface area contributed by atoms with Gasteiger partial charge in [-0.25, -0.2) is 4.31 Å². The quantitative estimate of drug-likeness (QED) is 0.625. The molecular formula is C16H18F2N2O3S. The average molecular weight is 356 g/mol. The Hall–Kier alpha value is -1.64. The largest absolute Gasteiger partial charge is 0.435 e. The van der Waals surface area contributed by atoms with E-state index >= 15 is 0 Å². The first kappa shape index (κ1) is 17.2. The molecule has 3 rings (SSSR count). The summed E-state index contributed by atoms with van der Waals surface area (Å²) in [5, 5.41) is 8.85. The van der Waals surface area contributed by atoms with Crippen LogP contribution in [0.2, 0.25) is 0 Å². The van der Waals surface area contributed by atoms with Gasteiger partial charge in [0.2, 0.25) is 5.91 Å². The summed E-state index contributed by atoms with van der Waals surface area (Å²) in [5.74, 6) is 0.134. The number of alkyl halides is 2. The van der Waals surface area contributed by atoms with E-state index in [9.17, 15) is 13.6 Å². The summed E-state index contributed by atoms with van der Waals surface area (Å²) in [6, 6.07) is 6.56. The van der Waals surface area contributed by atoms with Gasteiger partial charge in [-0.05, 0) is 47.4 Å². The number of rotatable bonds is 6. The number of amides is 1. The van der Waals surface area contributed by atoms with Crippen molar-refractivity contribution < 1.29 is 23.4 Å². The van der Waals surface area contributed by atoms with Crippen LogP contribution in [0.4, 0.5) is 8.78 Å². The minimum absolute atomic E-state index is 0.0132. The topological polar surface area (TPSA) is 53.0 Å². The smallest absolute Gasteiger partial charge is 0.387 e. The number of ether oxygens (including phenoxy) is 1. The molecule has 0 atom stereocenters. The van der Waals surface area contributed by atoms with Crippen molar-refractivity contribution in [3.63, 3.8) is 0 Å². The first-order chi connectivity index (χ1) is 11.5. The molecule has 24 heavy (non-hydrogen) atoms.